The van der Waals surface area contributed by atoms with Crippen molar-refractivity contribution in [1.29, 1.82) is 0 Å². The summed E-state index contributed by atoms with van der Waals surface area (Å²) in [7, 11) is 1.66. The van der Waals surface area contributed by atoms with Crippen molar-refractivity contribution < 1.29 is 13.9 Å². The molecule has 4 nitrogen and oxygen atoms in total. The minimum atomic E-state index is -0.177. The molecular formula is C21H25FN2O2. The van der Waals surface area contributed by atoms with E-state index in [1.165, 1.54) is 6.07 Å². The van der Waals surface area contributed by atoms with Crippen LogP contribution in [-0.2, 0) is 29.1 Å². The minimum Gasteiger partial charge on any atom is -0.380 e. The molecule has 26 heavy (non-hydrogen) atoms. The fraction of sp³-hybridized carbons (Fsp3) is 0.381. The first-order valence-corrected chi connectivity index (χ1v) is 8.95. The van der Waals surface area contributed by atoms with Gasteiger partial charge in [0.25, 0.3) is 0 Å². The number of aryl methyl sites for hydroxylation is 1. The average Bonchev–Trinajstić information content (AvgIpc) is 2.64. The molecular weight excluding hydrogens is 331 g/mol. The summed E-state index contributed by atoms with van der Waals surface area (Å²) in [6, 6.07) is 11.2. The number of hydrogen-bond donors (Lipinski definition) is 1. The van der Waals surface area contributed by atoms with E-state index in [1.807, 2.05) is 36.1 Å². The van der Waals surface area contributed by atoms with Crippen LogP contribution in [0.4, 0.5) is 10.1 Å². The number of carbonyl (C=O) groups is 1. The highest BCUT2D eigenvalue weighted by Gasteiger charge is 2.23. The van der Waals surface area contributed by atoms with Gasteiger partial charge in [-0.25, -0.2) is 4.39 Å². The standard InChI is InChI=1S/C21H25FN2O2/c1-15-9-10-19(22)18-8-5-11-24(21(15)18)13-20(25)23-12-16-6-3-4-7-17(16)14-26-2/h3-4,6-7,9-10H,5,8,11-14H2,1-2H3,(H,23,25). The van der Waals surface area contributed by atoms with E-state index in [1.54, 1.807) is 13.2 Å². The number of amides is 1. The van der Waals surface area contributed by atoms with Gasteiger partial charge in [0.2, 0.25) is 5.91 Å². The molecule has 0 atom stereocenters. The molecule has 0 aromatic heterocycles. The number of hydrogen-bond acceptors (Lipinski definition) is 3. The summed E-state index contributed by atoms with van der Waals surface area (Å²) in [4.78, 5) is 14.5. The van der Waals surface area contributed by atoms with Crippen LogP contribution >= 0.6 is 0 Å². The first kappa shape index (κ1) is 18.4. The Morgan fingerprint density at radius 2 is 2.00 bits per heavy atom. The van der Waals surface area contributed by atoms with E-state index in [4.69, 9.17) is 4.74 Å². The second-order valence-electron chi connectivity index (χ2n) is 6.70. The molecule has 2 aromatic rings. The Bertz CT molecular complexity index is 792. The highest BCUT2D eigenvalue weighted by atomic mass is 19.1. The largest absolute Gasteiger partial charge is 0.380 e. The number of anilines is 1. The maximum Gasteiger partial charge on any atom is 0.239 e. The van der Waals surface area contributed by atoms with E-state index in [2.05, 4.69) is 5.32 Å². The molecule has 1 aliphatic rings. The van der Waals surface area contributed by atoms with Gasteiger partial charge in [0, 0.05) is 31.5 Å². The van der Waals surface area contributed by atoms with Gasteiger partial charge in [0.1, 0.15) is 5.82 Å². The molecule has 0 bridgehead atoms. The van der Waals surface area contributed by atoms with E-state index in [-0.39, 0.29) is 18.3 Å². The highest BCUT2D eigenvalue weighted by molar-refractivity contribution is 5.82. The van der Waals surface area contributed by atoms with Crippen LogP contribution in [0, 0.1) is 12.7 Å². The van der Waals surface area contributed by atoms with Gasteiger partial charge >= 0.3 is 0 Å². The second kappa shape index (κ2) is 8.32. The van der Waals surface area contributed by atoms with Gasteiger partial charge in [-0.3, -0.25) is 4.79 Å². The Morgan fingerprint density at radius 1 is 1.23 bits per heavy atom. The van der Waals surface area contributed by atoms with Crippen molar-refractivity contribution in [2.45, 2.75) is 32.9 Å². The summed E-state index contributed by atoms with van der Waals surface area (Å²) in [6.07, 6.45) is 1.59. The normalized spacial score (nSPS) is 13.4. The lowest BCUT2D eigenvalue weighted by Crippen LogP contribution is -2.40. The van der Waals surface area contributed by atoms with E-state index in [0.29, 0.717) is 13.2 Å². The maximum atomic E-state index is 14.1. The SMILES string of the molecule is COCc1ccccc1CNC(=O)CN1CCCc2c(F)ccc(C)c21. The van der Waals surface area contributed by atoms with Gasteiger partial charge < -0.3 is 15.0 Å². The number of nitrogens with one attached hydrogen (secondary N) is 1. The molecule has 0 aliphatic carbocycles. The number of carbonyl (C=O) groups excluding carboxylic acids is 1. The van der Waals surface area contributed by atoms with Gasteiger partial charge in [0.05, 0.1) is 13.2 Å². The first-order chi connectivity index (χ1) is 12.6. The van der Waals surface area contributed by atoms with Gasteiger partial charge in [-0.2, -0.15) is 0 Å². The number of benzene rings is 2. The number of halogens is 1. The van der Waals surface area contributed by atoms with E-state index < -0.39 is 0 Å². The van der Waals surface area contributed by atoms with Gasteiger partial charge in [-0.15, -0.1) is 0 Å². The lowest BCUT2D eigenvalue weighted by Gasteiger charge is -2.32. The third kappa shape index (κ3) is 4.05. The molecule has 1 N–H and O–H groups in total. The Kier molecular flexibility index (Phi) is 5.89. The number of rotatable bonds is 6. The quantitative estimate of drug-likeness (QED) is 0.863. The highest BCUT2D eigenvalue weighted by Crippen LogP contribution is 2.32. The molecule has 0 radical (unpaired) electrons. The predicted molar refractivity (Wildman–Crippen MR) is 101 cm³/mol. The lowest BCUT2D eigenvalue weighted by molar-refractivity contribution is -0.119. The monoisotopic (exact) mass is 356 g/mol. The van der Waals surface area contributed by atoms with Crippen molar-refractivity contribution in [3.63, 3.8) is 0 Å². The van der Waals surface area contributed by atoms with Crippen LogP contribution < -0.4 is 10.2 Å². The van der Waals surface area contributed by atoms with Crippen LogP contribution in [0.3, 0.4) is 0 Å². The number of nitrogens with zero attached hydrogens (tertiary/aromatic N) is 1. The van der Waals surface area contributed by atoms with Crippen molar-refractivity contribution in [2.75, 3.05) is 25.1 Å². The van der Waals surface area contributed by atoms with E-state index >= 15 is 0 Å². The first-order valence-electron chi connectivity index (χ1n) is 8.95. The number of methoxy groups -OCH3 is 1. The lowest BCUT2D eigenvalue weighted by atomic mass is 9.97. The maximum absolute atomic E-state index is 14.1. The van der Waals surface area contributed by atoms with Crippen LogP contribution in [0.2, 0.25) is 0 Å². The predicted octanol–water partition coefficient (Wildman–Crippen LogP) is 3.35. The van der Waals surface area contributed by atoms with Crippen LogP contribution in [0.15, 0.2) is 36.4 Å². The van der Waals surface area contributed by atoms with Crippen molar-refractivity contribution in [3.05, 3.63) is 64.5 Å². The summed E-state index contributed by atoms with van der Waals surface area (Å²) >= 11 is 0. The summed E-state index contributed by atoms with van der Waals surface area (Å²) < 4.78 is 19.3. The number of ether oxygens (including phenoxy) is 1. The van der Waals surface area contributed by atoms with Crippen LogP contribution in [-0.4, -0.2) is 26.1 Å². The van der Waals surface area contributed by atoms with E-state index in [0.717, 1.165) is 47.3 Å². The Labute approximate surface area is 154 Å². The number of fused-ring (bicyclic) bond motifs is 1. The molecule has 0 spiro atoms. The fourth-order valence-electron chi connectivity index (χ4n) is 3.57. The second-order valence-corrected chi connectivity index (χ2v) is 6.70. The van der Waals surface area contributed by atoms with Crippen LogP contribution in [0.25, 0.3) is 0 Å². The molecule has 138 valence electrons. The topological polar surface area (TPSA) is 41.6 Å². The average molecular weight is 356 g/mol. The van der Waals surface area contributed by atoms with Gasteiger partial charge in [-0.05, 0) is 42.5 Å². The zero-order valence-electron chi connectivity index (χ0n) is 15.3. The smallest absolute Gasteiger partial charge is 0.239 e. The Morgan fingerprint density at radius 3 is 2.77 bits per heavy atom. The molecule has 1 aliphatic heterocycles. The summed E-state index contributed by atoms with van der Waals surface area (Å²) in [6.45, 7) is 3.95. The van der Waals surface area contributed by atoms with Gasteiger partial charge in [0.15, 0.2) is 0 Å². The molecule has 0 unspecified atom stereocenters. The minimum absolute atomic E-state index is 0.0614. The van der Waals surface area contributed by atoms with Crippen molar-refractivity contribution >= 4 is 11.6 Å². The molecule has 0 saturated carbocycles. The zero-order valence-corrected chi connectivity index (χ0v) is 15.3. The molecule has 2 aromatic carbocycles. The van der Waals surface area contributed by atoms with Gasteiger partial charge in [-0.1, -0.05) is 30.3 Å². The molecule has 5 heteroatoms. The third-order valence-corrected chi connectivity index (χ3v) is 4.83. The Hall–Kier alpha value is -2.40. The molecule has 0 fully saturated rings. The van der Waals surface area contributed by atoms with Crippen molar-refractivity contribution in [1.82, 2.24) is 5.32 Å². The fourth-order valence-corrected chi connectivity index (χ4v) is 3.57. The van der Waals surface area contributed by atoms with Crippen molar-refractivity contribution in [3.8, 4) is 0 Å². The van der Waals surface area contributed by atoms with Crippen molar-refractivity contribution in [2.24, 2.45) is 0 Å². The van der Waals surface area contributed by atoms with E-state index in [9.17, 15) is 9.18 Å². The molecule has 3 rings (SSSR count). The summed E-state index contributed by atoms with van der Waals surface area (Å²) in [5, 5.41) is 2.98. The summed E-state index contributed by atoms with van der Waals surface area (Å²) in [5.74, 6) is -0.238. The third-order valence-electron chi connectivity index (χ3n) is 4.83. The molecule has 1 amide bonds. The Balaban J connectivity index is 1.66. The molecule has 1 heterocycles. The summed E-state index contributed by atoms with van der Waals surface area (Å²) in [5.41, 5.74) is 4.74. The molecule has 0 saturated heterocycles. The van der Waals surface area contributed by atoms with Crippen LogP contribution in [0.1, 0.15) is 28.7 Å². The zero-order chi connectivity index (χ0) is 18.5. The van der Waals surface area contributed by atoms with Crippen LogP contribution in [0.5, 0.6) is 0 Å².